The summed E-state index contributed by atoms with van der Waals surface area (Å²) in [7, 11) is 1.53. The monoisotopic (exact) mass is 276 g/mol. The number of fused-ring (bicyclic) bond motifs is 1. The highest BCUT2D eigenvalue weighted by Crippen LogP contribution is 2.33. The lowest BCUT2D eigenvalue weighted by atomic mass is 9.92. The molecule has 2 aliphatic rings. The fourth-order valence-corrected chi connectivity index (χ4v) is 3.24. The van der Waals surface area contributed by atoms with Gasteiger partial charge in [-0.25, -0.2) is 4.98 Å². The highest BCUT2D eigenvalue weighted by Gasteiger charge is 2.39. The van der Waals surface area contributed by atoms with E-state index >= 15 is 0 Å². The summed E-state index contributed by atoms with van der Waals surface area (Å²) in [6, 6.07) is 3.52. The summed E-state index contributed by atoms with van der Waals surface area (Å²) in [5, 5.41) is 0. The maximum atomic E-state index is 12.6. The van der Waals surface area contributed by atoms with Gasteiger partial charge in [0, 0.05) is 19.3 Å². The predicted molar refractivity (Wildman–Crippen MR) is 73.8 cm³/mol. The molecule has 0 saturated carbocycles. The first-order valence-electron chi connectivity index (χ1n) is 7.12. The molecule has 3 heterocycles. The van der Waals surface area contributed by atoms with E-state index in [9.17, 15) is 4.79 Å². The van der Waals surface area contributed by atoms with E-state index in [0.29, 0.717) is 30.0 Å². The average Bonchev–Trinajstić information content (AvgIpc) is 2.85. The molecule has 2 fully saturated rings. The minimum absolute atomic E-state index is 0.0171. The number of likely N-dealkylation sites (tertiary alicyclic amines) is 1. The van der Waals surface area contributed by atoms with Gasteiger partial charge in [-0.15, -0.1) is 0 Å². The van der Waals surface area contributed by atoms with Crippen LogP contribution in [0.4, 0.5) is 0 Å². The molecule has 20 heavy (non-hydrogen) atoms. The molecule has 0 aromatic carbocycles. The van der Waals surface area contributed by atoms with Crippen molar-refractivity contribution in [1.29, 1.82) is 0 Å². The zero-order valence-electron chi connectivity index (χ0n) is 11.9. The maximum absolute atomic E-state index is 12.6. The zero-order valence-corrected chi connectivity index (χ0v) is 11.9. The van der Waals surface area contributed by atoms with Crippen LogP contribution in [0.25, 0.3) is 0 Å². The summed E-state index contributed by atoms with van der Waals surface area (Å²) < 4.78 is 11.1. The lowest BCUT2D eigenvalue weighted by Gasteiger charge is -2.34. The van der Waals surface area contributed by atoms with Crippen LogP contribution in [0, 0.1) is 5.92 Å². The van der Waals surface area contributed by atoms with Crippen molar-refractivity contribution >= 4 is 5.91 Å². The molecule has 108 valence electrons. The smallest absolute Gasteiger partial charge is 0.259 e. The van der Waals surface area contributed by atoms with Crippen LogP contribution in [0.1, 0.15) is 30.1 Å². The third kappa shape index (κ3) is 2.38. The molecule has 2 aliphatic heterocycles. The fraction of sp³-hybridized carbons (Fsp3) is 0.600. The molecular formula is C15H20N2O3. The van der Waals surface area contributed by atoms with Crippen molar-refractivity contribution in [2.24, 2.45) is 5.92 Å². The summed E-state index contributed by atoms with van der Waals surface area (Å²) >= 11 is 0. The van der Waals surface area contributed by atoms with Gasteiger partial charge in [0.05, 0.1) is 19.3 Å². The Morgan fingerprint density at radius 2 is 2.40 bits per heavy atom. The lowest BCUT2D eigenvalue weighted by molar-refractivity contribution is 0.00145. The maximum Gasteiger partial charge on any atom is 0.259 e. The Balaban J connectivity index is 1.75. The third-order valence-electron chi connectivity index (χ3n) is 4.22. The third-order valence-corrected chi connectivity index (χ3v) is 4.22. The number of methoxy groups -OCH3 is 1. The number of ether oxygens (including phenoxy) is 2. The molecule has 0 spiro atoms. The minimum Gasteiger partial charge on any atom is -0.480 e. The number of pyridine rings is 1. The summed E-state index contributed by atoms with van der Waals surface area (Å²) in [5.41, 5.74) is 0.527. The van der Waals surface area contributed by atoms with Crippen molar-refractivity contribution in [3.63, 3.8) is 0 Å². The molecule has 0 N–H and O–H groups in total. The number of hydrogen-bond donors (Lipinski definition) is 0. The highest BCUT2D eigenvalue weighted by atomic mass is 16.5. The molecule has 0 radical (unpaired) electrons. The van der Waals surface area contributed by atoms with Gasteiger partial charge in [-0.1, -0.05) is 0 Å². The van der Waals surface area contributed by atoms with E-state index in [1.165, 1.54) is 7.11 Å². The number of piperidine rings is 1. The zero-order chi connectivity index (χ0) is 14.1. The molecule has 2 saturated heterocycles. The van der Waals surface area contributed by atoms with Crippen LogP contribution >= 0.6 is 0 Å². The molecule has 1 aromatic heterocycles. The second-order valence-corrected chi connectivity index (χ2v) is 5.58. The number of carbonyl (C=O) groups is 1. The van der Waals surface area contributed by atoms with Gasteiger partial charge in [0.15, 0.2) is 0 Å². The Hall–Kier alpha value is -1.62. The van der Waals surface area contributed by atoms with Gasteiger partial charge in [0.25, 0.3) is 5.91 Å². The highest BCUT2D eigenvalue weighted by molar-refractivity contribution is 5.96. The van der Waals surface area contributed by atoms with E-state index < -0.39 is 0 Å². The van der Waals surface area contributed by atoms with Crippen molar-refractivity contribution in [1.82, 2.24) is 9.88 Å². The van der Waals surface area contributed by atoms with Crippen molar-refractivity contribution in [3.05, 3.63) is 23.9 Å². The Labute approximate surface area is 118 Å². The summed E-state index contributed by atoms with van der Waals surface area (Å²) in [5.74, 6) is 0.974. The van der Waals surface area contributed by atoms with E-state index in [-0.39, 0.29) is 12.0 Å². The van der Waals surface area contributed by atoms with Crippen LogP contribution in [0.2, 0.25) is 0 Å². The number of hydrogen-bond acceptors (Lipinski definition) is 4. The predicted octanol–water partition coefficient (Wildman–Crippen LogP) is 1.73. The lowest BCUT2D eigenvalue weighted by Crippen LogP contribution is -2.45. The molecule has 5 nitrogen and oxygen atoms in total. The van der Waals surface area contributed by atoms with E-state index in [4.69, 9.17) is 9.47 Å². The molecule has 1 amide bonds. The van der Waals surface area contributed by atoms with E-state index in [2.05, 4.69) is 11.9 Å². The van der Waals surface area contributed by atoms with Crippen LogP contribution in [-0.4, -0.2) is 48.2 Å². The van der Waals surface area contributed by atoms with Crippen LogP contribution in [0.3, 0.4) is 0 Å². The number of amides is 1. The molecule has 1 aromatic rings. The van der Waals surface area contributed by atoms with E-state index in [1.807, 2.05) is 4.90 Å². The molecule has 3 rings (SSSR count). The molecule has 3 atom stereocenters. The van der Waals surface area contributed by atoms with Gasteiger partial charge < -0.3 is 14.4 Å². The van der Waals surface area contributed by atoms with Crippen LogP contribution in [0.15, 0.2) is 18.3 Å². The van der Waals surface area contributed by atoms with Gasteiger partial charge in [0.1, 0.15) is 5.56 Å². The Morgan fingerprint density at radius 3 is 3.20 bits per heavy atom. The van der Waals surface area contributed by atoms with Crippen LogP contribution < -0.4 is 4.74 Å². The molecule has 5 heteroatoms. The second-order valence-electron chi connectivity index (χ2n) is 5.58. The number of rotatable bonds is 2. The van der Waals surface area contributed by atoms with E-state index in [0.717, 1.165) is 19.4 Å². The largest absolute Gasteiger partial charge is 0.480 e. The molecule has 0 unspecified atom stereocenters. The standard InChI is InChI=1S/C15H20N2O3/c1-10-8-11-5-7-17(9-13(11)20-10)15(18)12-4-3-6-16-14(12)19-2/h3-4,6,10-11,13H,5,7-9H2,1-2H3/t10-,11-,13+/m1/s1. The normalized spacial score (nSPS) is 29.1. The number of aromatic nitrogens is 1. The van der Waals surface area contributed by atoms with Crippen molar-refractivity contribution in [3.8, 4) is 5.88 Å². The number of carbonyl (C=O) groups excluding carboxylic acids is 1. The topological polar surface area (TPSA) is 51.7 Å². The second kappa shape index (κ2) is 5.40. The van der Waals surface area contributed by atoms with Gasteiger partial charge >= 0.3 is 0 Å². The van der Waals surface area contributed by atoms with Crippen molar-refractivity contribution < 1.29 is 14.3 Å². The Morgan fingerprint density at radius 1 is 1.55 bits per heavy atom. The quantitative estimate of drug-likeness (QED) is 0.825. The molecule has 0 aliphatic carbocycles. The van der Waals surface area contributed by atoms with Crippen molar-refractivity contribution in [2.75, 3.05) is 20.2 Å². The first-order chi connectivity index (χ1) is 9.69. The van der Waals surface area contributed by atoms with Gasteiger partial charge in [-0.3, -0.25) is 4.79 Å². The molecule has 0 bridgehead atoms. The summed E-state index contributed by atoms with van der Waals surface area (Å²) in [6.45, 7) is 3.56. The van der Waals surface area contributed by atoms with E-state index in [1.54, 1.807) is 18.3 Å². The average molecular weight is 276 g/mol. The first kappa shape index (κ1) is 13.4. The summed E-state index contributed by atoms with van der Waals surface area (Å²) in [4.78, 5) is 18.6. The van der Waals surface area contributed by atoms with Gasteiger partial charge in [-0.05, 0) is 37.8 Å². The van der Waals surface area contributed by atoms with Crippen LogP contribution in [0.5, 0.6) is 5.88 Å². The van der Waals surface area contributed by atoms with Gasteiger partial charge in [0.2, 0.25) is 5.88 Å². The number of nitrogens with zero attached hydrogens (tertiary/aromatic N) is 2. The molecular weight excluding hydrogens is 256 g/mol. The van der Waals surface area contributed by atoms with Crippen LogP contribution in [-0.2, 0) is 4.74 Å². The SMILES string of the molecule is COc1ncccc1C(=O)N1CC[C@@H]2C[C@@H](C)O[C@H]2C1. The Kier molecular flexibility index (Phi) is 3.61. The van der Waals surface area contributed by atoms with Gasteiger partial charge in [-0.2, -0.15) is 0 Å². The van der Waals surface area contributed by atoms with Crippen molar-refractivity contribution in [2.45, 2.75) is 32.0 Å². The minimum atomic E-state index is -0.0171. The first-order valence-corrected chi connectivity index (χ1v) is 7.12. The fourth-order valence-electron chi connectivity index (χ4n) is 3.24. The Bertz CT molecular complexity index is 506. The summed E-state index contributed by atoms with van der Waals surface area (Å²) in [6.07, 6.45) is 4.26.